The lowest BCUT2D eigenvalue weighted by molar-refractivity contribution is -0.0494. The summed E-state index contributed by atoms with van der Waals surface area (Å²) in [5.74, 6) is -2.92. The summed E-state index contributed by atoms with van der Waals surface area (Å²) < 4.78 is 39.1. The predicted octanol–water partition coefficient (Wildman–Crippen LogP) is 3.17. The Kier molecular flexibility index (Phi) is 4.68. The van der Waals surface area contributed by atoms with E-state index in [-0.39, 0.29) is 31.8 Å². The first kappa shape index (κ1) is 19.3. The second kappa shape index (κ2) is 6.31. The first-order valence-corrected chi connectivity index (χ1v) is 9.06. The van der Waals surface area contributed by atoms with Crippen molar-refractivity contribution >= 4 is 18.5 Å². The second-order valence-electron chi connectivity index (χ2n) is 8.27. The highest BCUT2D eigenvalue weighted by molar-refractivity contribution is 6.64. The summed E-state index contributed by atoms with van der Waals surface area (Å²) in [5.41, 5.74) is 1.000. The maximum atomic E-state index is 13.4. The van der Waals surface area contributed by atoms with Gasteiger partial charge in [0.05, 0.1) is 11.2 Å². The van der Waals surface area contributed by atoms with Crippen molar-refractivity contribution in [2.75, 3.05) is 13.1 Å². The Balaban J connectivity index is 1.91. The number of nitrogens with zero attached hydrogens (tertiary/aromatic N) is 1. The topological polar surface area (TPSA) is 38.8 Å². The molecule has 0 atom stereocenters. The lowest BCUT2D eigenvalue weighted by Crippen LogP contribution is -2.47. The van der Waals surface area contributed by atoms with Gasteiger partial charge in [-0.1, -0.05) is 17.7 Å². The van der Waals surface area contributed by atoms with Crippen molar-refractivity contribution in [3.8, 4) is 0 Å². The van der Waals surface area contributed by atoms with Crippen LogP contribution in [0, 0.1) is 6.92 Å². The Morgan fingerprint density at radius 3 is 2.15 bits per heavy atom. The summed E-state index contributed by atoms with van der Waals surface area (Å²) in [4.78, 5) is 14.5. The Bertz CT molecular complexity index is 695. The van der Waals surface area contributed by atoms with Crippen molar-refractivity contribution in [2.24, 2.45) is 0 Å². The van der Waals surface area contributed by atoms with Crippen molar-refractivity contribution in [1.29, 1.82) is 0 Å². The standard InChI is InChI=1S/C19H26BF2NO3/c1-13-7-6-8-14(16(24)23-11-9-19(21,22)10-12-23)15(13)20-25-17(2,3)18(4,5)26-20/h6-8H,9-12H2,1-5H3. The number of amides is 1. The summed E-state index contributed by atoms with van der Waals surface area (Å²) in [7, 11) is -0.661. The van der Waals surface area contributed by atoms with Crippen LogP contribution < -0.4 is 5.46 Å². The van der Waals surface area contributed by atoms with Gasteiger partial charge in [0.15, 0.2) is 0 Å². The molecule has 0 spiro atoms. The number of likely N-dealkylation sites (tertiary alicyclic amines) is 1. The van der Waals surface area contributed by atoms with Gasteiger partial charge in [-0.05, 0) is 46.1 Å². The third kappa shape index (κ3) is 3.39. The lowest BCUT2D eigenvalue weighted by Gasteiger charge is -2.32. The molecule has 0 aliphatic carbocycles. The number of piperidine rings is 1. The van der Waals surface area contributed by atoms with Gasteiger partial charge < -0.3 is 14.2 Å². The normalized spacial score (nSPS) is 24.0. The van der Waals surface area contributed by atoms with Crippen LogP contribution in [0.15, 0.2) is 18.2 Å². The molecule has 4 nitrogen and oxygen atoms in total. The zero-order chi connectivity index (χ0) is 19.3. The average molecular weight is 365 g/mol. The highest BCUT2D eigenvalue weighted by Crippen LogP contribution is 2.37. The van der Waals surface area contributed by atoms with E-state index in [0.717, 1.165) is 5.56 Å². The van der Waals surface area contributed by atoms with E-state index >= 15 is 0 Å². The maximum Gasteiger partial charge on any atom is 0.495 e. The van der Waals surface area contributed by atoms with Crippen molar-refractivity contribution in [3.05, 3.63) is 29.3 Å². The molecule has 1 aromatic carbocycles. The molecule has 0 bridgehead atoms. The molecule has 0 aromatic heterocycles. The largest absolute Gasteiger partial charge is 0.495 e. The van der Waals surface area contributed by atoms with E-state index in [0.29, 0.717) is 11.0 Å². The number of rotatable bonds is 2. The van der Waals surface area contributed by atoms with Crippen LogP contribution in [0.2, 0.25) is 0 Å². The van der Waals surface area contributed by atoms with Gasteiger partial charge in [-0.15, -0.1) is 0 Å². The molecule has 3 rings (SSSR count). The van der Waals surface area contributed by atoms with Crippen LogP contribution in [0.25, 0.3) is 0 Å². The zero-order valence-corrected chi connectivity index (χ0v) is 16.1. The molecule has 0 saturated carbocycles. The van der Waals surface area contributed by atoms with Gasteiger partial charge in [0.25, 0.3) is 11.8 Å². The van der Waals surface area contributed by atoms with Gasteiger partial charge in [-0.25, -0.2) is 8.78 Å². The van der Waals surface area contributed by atoms with Crippen molar-refractivity contribution in [3.63, 3.8) is 0 Å². The molecule has 142 valence electrons. The van der Waals surface area contributed by atoms with Gasteiger partial charge in [0, 0.05) is 31.5 Å². The van der Waals surface area contributed by atoms with Crippen molar-refractivity contribution in [2.45, 2.75) is 64.6 Å². The first-order valence-electron chi connectivity index (χ1n) is 9.06. The number of hydrogen-bond acceptors (Lipinski definition) is 3. The van der Waals surface area contributed by atoms with Gasteiger partial charge in [0.2, 0.25) is 0 Å². The third-order valence-corrected chi connectivity index (χ3v) is 5.83. The van der Waals surface area contributed by atoms with Gasteiger partial charge >= 0.3 is 7.12 Å². The summed E-state index contributed by atoms with van der Waals surface area (Å²) in [5, 5.41) is 0. The summed E-state index contributed by atoms with van der Waals surface area (Å²) in [6.45, 7) is 9.85. The molecular weight excluding hydrogens is 339 g/mol. The fourth-order valence-corrected chi connectivity index (χ4v) is 3.35. The summed E-state index contributed by atoms with van der Waals surface area (Å²) in [6, 6.07) is 5.43. The summed E-state index contributed by atoms with van der Waals surface area (Å²) >= 11 is 0. The average Bonchev–Trinajstić information content (AvgIpc) is 2.74. The molecule has 0 N–H and O–H groups in total. The van der Waals surface area contributed by atoms with Gasteiger partial charge in [-0.2, -0.15) is 0 Å². The molecule has 2 fully saturated rings. The van der Waals surface area contributed by atoms with Crippen LogP contribution in [0.4, 0.5) is 8.78 Å². The molecule has 7 heteroatoms. The van der Waals surface area contributed by atoms with Crippen LogP contribution >= 0.6 is 0 Å². The molecule has 26 heavy (non-hydrogen) atoms. The molecule has 2 aliphatic heterocycles. The van der Waals surface area contributed by atoms with E-state index in [1.54, 1.807) is 12.1 Å². The molecule has 1 aromatic rings. The number of hydrogen-bond donors (Lipinski definition) is 0. The van der Waals surface area contributed by atoms with E-state index in [1.165, 1.54) is 4.90 Å². The highest BCUT2D eigenvalue weighted by Gasteiger charge is 2.53. The quantitative estimate of drug-likeness (QED) is 0.756. The fraction of sp³-hybridized carbons (Fsp3) is 0.632. The van der Waals surface area contributed by atoms with Crippen LogP contribution in [0.1, 0.15) is 56.5 Å². The fourth-order valence-electron chi connectivity index (χ4n) is 3.35. The van der Waals surface area contributed by atoms with Gasteiger partial charge in [0.1, 0.15) is 0 Å². The van der Waals surface area contributed by atoms with Crippen LogP contribution in [-0.2, 0) is 9.31 Å². The minimum Gasteiger partial charge on any atom is -0.399 e. The van der Waals surface area contributed by atoms with Crippen molar-refractivity contribution in [1.82, 2.24) is 4.90 Å². The minimum atomic E-state index is -2.68. The van der Waals surface area contributed by atoms with E-state index in [9.17, 15) is 13.6 Å². The predicted molar refractivity (Wildman–Crippen MR) is 97.0 cm³/mol. The van der Waals surface area contributed by atoms with Crippen molar-refractivity contribution < 1.29 is 22.9 Å². The van der Waals surface area contributed by atoms with E-state index in [1.807, 2.05) is 40.7 Å². The Labute approximate surface area is 154 Å². The maximum absolute atomic E-state index is 13.4. The molecule has 2 heterocycles. The Morgan fingerprint density at radius 1 is 1.08 bits per heavy atom. The first-order chi connectivity index (χ1) is 11.9. The molecule has 2 aliphatic rings. The second-order valence-corrected chi connectivity index (χ2v) is 8.27. The number of carbonyl (C=O) groups excluding carboxylic acids is 1. The van der Waals surface area contributed by atoms with Crippen LogP contribution in [0.5, 0.6) is 0 Å². The van der Waals surface area contributed by atoms with Crippen LogP contribution in [-0.4, -0.2) is 48.1 Å². The van der Waals surface area contributed by atoms with E-state index in [4.69, 9.17) is 9.31 Å². The molecule has 0 unspecified atom stereocenters. The third-order valence-electron chi connectivity index (χ3n) is 5.83. The monoisotopic (exact) mass is 365 g/mol. The van der Waals surface area contributed by atoms with Gasteiger partial charge in [-0.3, -0.25) is 4.79 Å². The Hall–Kier alpha value is -1.47. The Morgan fingerprint density at radius 2 is 1.62 bits per heavy atom. The number of carbonyl (C=O) groups is 1. The smallest absolute Gasteiger partial charge is 0.399 e. The highest BCUT2D eigenvalue weighted by atomic mass is 19.3. The number of aryl methyl sites for hydroxylation is 1. The molecule has 1 amide bonds. The summed E-state index contributed by atoms with van der Waals surface area (Å²) in [6.07, 6.45) is -0.591. The SMILES string of the molecule is Cc1cccc(C(=O)N2CCC(F)(F)CC2)c1B1OC(C)(C)C(C)(C)O1. The van der Waals surface area contributed by atoms with Crippen LogP contribution in [0.3, 0.4) is 0 Å². The molecule has 2 saturated heterocycles. The molecular formula is C19H26BF2NO3. The number of halogens is 2. The number of alkyl halides is 2. The van der Waals surface area contributed by atoms with E-state index < -0.39 is 24.2 Å². The zero-order valence-electron chi connectivity index (χ0n) is 16.1. The number of benzene rings is 1. The van der Waals surface area contributed by atoms with E-state index in [2.05, 4.69) is 0 Å². The minimum absolute atomic E-state index is 0.0581. The molecule has 0 radical (unpaired) electrons. The lowest BCUT2D eigenvalue weighted by atomic mass is 9.73.